The van der Waals surface area contributed by atoms with E-state index in [2.05, 4.69) is 15.4 Å². The van der Waals surface area contributed by atoms with Crippen molar-refractivity contribution in [2.24, 2.45) is 0 Å². The summed E-state index contributed by atoms with van der Waals surface area (Å²) in [6.07, 6.45) is 3.05. The lowest BCUT2D eigenvalue weighted by Crippen LogP contribution is -2.12. The number of amides is 1. The van der Waals surface area contributed by atoms with Gasteiger partial charge in [-0.15, -0.1) is 0 Å². The van der Waals surface area contributed by atoms with Crippen LogP contribution >= 0.6 is 23.2 Å². The first-order valence-corrected chi connectivity index (χ1v) is 7.11. The Hall–Kier alpha value is -2.37. The summed E-state index contributed by atoms with van der Waals surface area (Å²) in [5.41, 5.74) is 1.82. The van der Waals surface area contributed by atoms with Crippen molar-refractivity contribution in [2.45, 2.75) is 0 Å². The molecule has 3 aromatic rings. The third kappa shape index (κ3) is 2.95. The van der Waals surface area contributed by atoms with E-state index in [-0.39, 0.29) is 10.9 Å². The van der Waals surface area contributed by atoms with Gasteiger partial charge in [-0.2, -0.15) is 5.10 Å². The van der Waals surface area contributed by atoms with Gasteiger partial charge in [0.1, 0.15) is 12.7 Å². The van der Waals surface area contributed by atoms with Crippen LogP contribution in [0.1, 0.15) is 10.4 Å². The molecular formula is C15H10Cl2N4O. The molecule has 1 amide bonds. The van der Waals surface area contributed by atoms with Gasteiger partial charge in [0, 0.05) is 5.69 Å². The molecule has 7 heteroatoms. The molecule has 2 aromatic carbocycles. The molecule has 22 heavy (non-hydrogen) atoms. The first kappa shape index (κ1) is 14.6. The van der Waals surface area contributed by atoms with Crippen molar-refractivity contribution in [3.63, 3.8) is 0 Å². The molecule has 0 radical (unpaired) electrons. The average molecular weight is 333 g/mol. The summed E-state index contributed by atoms with van der Waals surface area (Å²) in [6, 6.07) is 12.1. The molecule has 0 saturated carbocycles. The van der Waals surface area contributed by atoms with Crippen molar-refractivity contribution in [2.75, 3.05) is 5.32 Å². The van der Waals surface area contributed by atoms with Crippen LogP contribution in [0.25, 0.3) is 5.69 Å². The summed E-state index contributed by atoms with van der Waals surface area (Å²) in [5.74, 6) is -0.319. The Labute approximate surface area is 136 Å². The zero-order chi connectivity index (χ0) is 15.5. The molecule has 0 aliphatic carbocycles. The van der Waals surface area contributed by atoms with Gasteiger partial charge in [0.05, 0.1) is 21.3 Å². The number of halogens is 2. The Morgan fingerprint density at radius 3 is 2.55 bits per heavy atom. The van der Waals surface area contributed by atoms with Crippen LogP contribution in [0.5, 0.6) is 0 Å². The molecule has 0 spiro atoms. The van der Waals surface area contributed by atoms with Crippen LogP contribution in [0.4, 0.5) is 5.69 Å². The highest BCUT2D eigenvalue weighted by molar-refractivity contribution is 6.44. The van der Waals surface area contributed by atoms with Gasteiger partial charge in [-0.1, -0.05) is 29.3 Å². The summed E-state index contributed by atoms with van der Waals surface area (Å²) in [4.78, 5) is 16.1. The third-order valence-corrected chi connectivity index (χ3v) is 3.82. The number of rotatable bonds is 3. The van der Waals surface area contributed by atoms with Gasteiger partial charge in [-0.05, 0) is 36.4 Å². The van der Waals surface area contributed by atoms with Crippen molar-refractivity contribution in [3.05, 3.63) is 70.7 Å². The normalized spacial score (nSPS) is 10.5. The maximum atomic E-state index is 12.2. The molecule has 1 N–H and O–H groups in total. The van der Waals surface area contributed by atoms with Crippen LogP contribution in [0.3, 0.4) is 0 Å². The third-order valence-electron chi connectivity index (χ3n) is 3.00. The topological polar surface area (TPSA) is 59.8 Å². The highest BCUT2D eigenvalue weighted by Gasteiger charge is 2.12. The fraction of sp³-hybridized carbons (Fsp3) is 0. The van der Waals surface area contributed by atoms with Gasteiger partial charge in [0.15, 0.2) is 0 Å². The second kappa shape index (κ2) is 6.17. The maximum absolute atomic E-state index is 12.2. The second-order valence-electron chi connectivity index (χ2n) is 4.44. The molecule has 110 valence electrons. The molecule has 0 bridgehead atoms. The molecule has 5 nitrogen and oxygen atoms in total. The van der Waals surface area contributed by atoms with E-state index in [1.54, 1.807) is 41.3 Å². The lowest BCUT2D eigenvalue weighted by molar-refractivity contribution is 0.102. The smallest absolute Gasteiger partial charge is 0.257 e. The fourth-order valence-corrected chi connectivity index (χ4v) is 2.30. The van der Waals surface area contributed by atoms with Gasteiger partial charge in [0.25, 0.3) is 5.91 Å². The van der Waals surface area contributed by atoms with Gasteiger partial charge < -0.3 is 5.32 Å². The van der Waals surface area contributed by atoms with Crippen molar-refractivity contribution in [1.82, 2.24) is 14.8 Å². The first-order valence-electron chi connectivity index (χ1n) is 6.35. The molecule has 0 unspecified atom stereocenters. The highest BCUT2D eigenvalue weighted by atomic mass is 35.5. The monoisotopic (exact) mass is 332 g/mol. The number of nitrogens with one attached hydrogen (secondary N) is 1. The number of nitrogens with zero attached hydrogens (tertiary/aromatic N) is 3. The van der Waals surface area contributed by atoms with Crippen molar-refractivity contribution < 1.29 is 4.79 Å². The van der Waals surface area contributed by atoms with Gasteiger partial charge in [0.2, 0.25) is 0 Å². The number of aromatic nitrogens is 3. The highest BCUT2D eigenvalue weighted by Crippen LogP contribution is 2.26. The number of carbonyl (C=O) groups excluding carboxylic acids is 1. The first-order chi connectivity index (χ1) is 10.6. The fourth-order valence-electron chi connectivity index (χ4n) is 1.92. The maximum Gasteiger partial charge on any atom is 0.257 e. The Morgan fingerprint density at radius 1 is 1.09 bits per heavy atom. The SMILES string of the molecule is O=C(Nc1ccc(-n2cncn2)cc1)c1cccc(Cl)c1Cl. The van der Waals surface area contributed by atoms with Crippen LogP contribution in [-0.4, -0.2) is 20.7 Å². The summed E-state index contributed by atoms with van der Waals surface area (Å²) in [7, 11) is 0. The number of hydrogen-bond donors (Lipinski definition) is 1. The van der Waals surface area contributed by atoms with Crippen molar-refractivity contribution in [1.29, 1.82) is 0 Å². The van der Waals surface area contributed by atoms with E-state index >= 15 is 0 Å². The van der Waals surface area contributed by atoms with E-state index in [0.29, 0.717) is 16.3 Å². The Bertz CT molecular complexity index is 801. The lowest BCUT2D eigenvalue weighted by Gasteiger charge is -2.08. The molecule has 1 heterocycles. The predicted molar refractivity (Wildman–Crippen MR) is 85.8 cm³/mol. The summed E-state index contributed by atoms with van der Waals surface area (Å²) < 4.78 is 1.62. The summed E-state index contributed by atoms with van der Waals surface area (Å²) in [5, 5.41) is 7.38. The quantitative estimate of drug-likeness (QED) is 0.792. The van der Waals surface area contributed by atoms with E-state index in [1.807, 2.05) is 12.1 Å². The minimum Gasteiger partial charge on any atom is -0.322 e. The van der Waals surface area contributed by atoms with Crippen LogP contribution in [0, 0.1) is 0 Å². The molecule has 0 aliphatic rings. The lowest BCUT2D eigenvalue weighted by atomic mass is 10.2. The number of anilines is 1. The number of carbonyl (C=O) groups is 1. The summed E-state index contributed by atoms with van der Waals surface area (Å²) >= 11 is 11.9. The predicted octanol–water partition coefficient (Wildman–Crippen LogP) is 3.83. The van der Waals surface area contributed by atoms with Crippen LogP contribution in [0.2, 0.25) is 10.0 Å². The van der Waals surface area contributed by atoms with E-state index in [4.69, 9.17) is 23.2 Å². The second-order valence-corrected chi connectivity index (χ2v) is 5.23. The van der Waals surface area contributed by atoms with Crippen molar-refractivity contribution in [3.8, 4) is 5.69 Å². The minimum absolute atomic E-state index is 0.237. The standard InChI is InChI=1S/C15H10Cl2N4O/c16-13-3-1-2-12(14(13)17)15(22)20-10-4-6-11(7-5-10)21-9-18-8-19-21/h1-9H,(H,20,22). The molecule has 3 rings (SSSR count). The summed E-state index contributed by atoms with van der Waals surface area (Å²) in [6.45, 7) is 0. The molecule has 0 atom stereocenters. The average Bonchev–Trinajstić information content (AvgIpc) is 3.05. The van der Waals surface area contributed by atoms with Crippen molar-refractivity contribution >= 4 is 34.8 Å². The minimum atomic E-state index is -0.319. The van der Waals surface area contributed by atoms with E-state index in [0.717, 1.165) is 5.69 Å². The largest absolute Gasteiger partial charge is 0.322 e. The molecular weight excluding hydrogens is 323 g/mol. The molecule has 0 saturated heterocycles. The van der Waals surface area contributed by atoms with Crippen LogP contribution in [0.15, 0.2) is 55.1 Å². The van der Waals surface area contributed by atoms with Gasteiger partial charge in [-0.3, -0.25) is 4.79 Å². The zero-order valence-electron chi connectivity index (χ0n) is 11.2. The Balaban J connectivity index is 1.78. The Morgan fingerprint density at radius 2 is 1.86 bits per heavy atom. The molecule has 0 fully saturated rings. The van der Waals surface area contributed by atoms with E-state index < -0.39 is 0 Å². The van der Waals surface area contributed by atoms with E-state index in [9.17, 15) is 4.79 Å². The van der Waals surface area contributed by atoms with Crippen LogP contribution in [-0.2, 0) is 0 Å². The zero-order valence-corrected chi connectivity index (χ0v) is 12.7. The molecule has 0 aliphatic heterocycles. The number of benzene rings is 2. The van der Waals surface area contributed by atoms with Crippen LogP contribution < -0.4 is 5.32 Å². The van der Waals surface area contributed by atoms with Gasteiger partial charge >= 0.3 is 0 Å². The van der Waals surface area contributed by atoms with E-state index in [1.165, 1.54) is 6.33 Å². The number of hydrogen-bond acceptors (Lipinski definition) is 3. The van der Waals surface area contributed by atoms with Gasteiger partial charge in [-0.25, -0.2) is 9.67 Å². The Kier molecular flexibility index (Phi) is 4.09. The molecule has 1 aromatic heterocycles.